The Bertz CT molecular complexity index is 679. The van der Waals surface area contributed by atoms with Crippen LogP contribution in [0.3, 0.4) is 0 Å². The van der Waals surface area contributed by atoms with Gasteiger partial charge in [0.25, 0.3) is 0 Å². The minimum absolute atomic E-state index is 0. The summed E-state index contributed by atoms with van der Waals surface area (Å²) in [5.41, 5.74) is 12.1. The van der Waals surface area contributed by atoms with Gasteiger partial charge in [0.2, 0.25) is 5.96 Å². The van der Waals surface area contributed by atoms with Gasteiger partial charge in [-0.2, -0.15) is 0 Å². The van der Waals surface area contributed by atoms with Gasteiger partial charge < -0.3 is 10.6 Å². The molecule has 0 spiro atoms. The number of aliphatic imine (C=N–C) groups is 1. The molecule has 0 bridgehead atoms. The van der Waals surface area contributed by atoms with Crippen molar-refractivity contribution in [2.75, 3.05) is 11.4 Å². The summed E-state index contributed by atoms with van der Waals surface area (Å²) < 4.78 is 0. The van der Waals surface area contributed by atoms with E-state index < -0.39 is 0 Å². The first-order valence-corrected chi connectivity index (χ1v) is 6.92. The molecule has 4 heteroatoms. The molecule has 0 amide bonds. The third-order valence-corrected chi connectivity index (χ3v) is 3.97. The number of hydrogen-bond acceptors (Lipinski definition) is 1. The van der Waals surface area contributed by atoms with E-state index in [-0.39, 0.29) is 12.4 Å². The Morgan fingerprint density at radius 3 is 2.67 bits per heavy atom. The van der Waals surface area contributed by atoms with Gasteiger partial charge in [-0.25, -0.2) is 4.99 Å². The summed E-state index contributed by atoms with van der Waals surface area (Å²) in [4.78, 5) is 6.71. The molecule has 0 unspecified atom stereocenters. The second-order valence-electron chi connectivity index (χ2n) is 5.22. The number of halogens is 1. The molecule has 2 N–H and O–H groups in total. The summed E-state index contributed by atoms with van der Waals surface area (Å²) in [6, 6.07) is 14.5. The second-order valence-corrected chi connectivity index (χ2v) is 5.22. The Labute approximate surface area is 131 Å². The zero-order valence-corrected chi connectivity index (χ0v) is 13.2. The number of para-hydroxylation sites is 1. The summed E-state index contributed by atoms with van der Waals surface area (Å²) in [6.45, 7) is 5.08. The van der Waals surface area contributed by atoms with Crippen molar-refractivity contribution >= 4 is 29.7 Å². The van der Waals surface area contributed by atoms with E-state index >= 15 is 0 Å². The molecule has 3 nitrogen and oxygen atoms in total. The number of anilines is 1. The third kappa shape index (κ3) is 2.88. The van der Waals surface area contributed by atoms with Gasteiger partial charge >= 0.3 is 0 Å². The standard InChI is InChI=1S/C17H19N3.ClH/c1-12-6-5-8-15(13(12)2)19-17(18)20-11-10-14-7-3-4-9-16(14)20;/h3-9H,10-11H2,1-2H3,(H2,18,19);1H. The van der Waals surface area contributed by atoms with Crippen molar-refractivity contribution in [3.63, 3.8) is 0 Å². The first-order valence-electron chi connectivity index (χ1n) is 6.92. The number of rotatable bonds is 1. The molecule has 2 aromatic carbocycles. The van der Waals surface area contributed by atoms with Crippen LogP contribution in [0.5, 0.6) is 0 Å². The van der Waals surface area contributed by atoms with Gasteiger partial charge in [-0.3, -0.25) is 0 Å². The molecule has 21 heavy (non-hydrogen) atoms. The van der Waals surface area contributed by atoms with Gasteiger partial charge in [0.15, 0.2) is 0 Å². The van der Waals surface area contributed by atoms with Crippen molar-refractivity contribution in [1.29, 1.82) is 0 Å². The lowest BCUT2D eigenvalue weighted by Crippen LogP contribution is -2.35. The van der Waals surface area contributed by atoms with Crippen molar-refractivity contribution in [2.45, 2.75) is 20.3 Å². The number of hydrogen-bond donors (Lipinski definition) is 1. The van der Waals surface area contributed by atoms with Gasteiger partial charge in [-0.15, -0.1) is 12.4 Å². The van der Waals surface area contributed by atoms with E-state index in [1.807, 2.05) is 18.2 Å². The third-order valence-electron chi connectivity index (χ3n) is 3.97. The molecule has 0 radical (unpaired) electrons. The molecule has 0 saturated heterocycles. The van der Waals surface area contributed by atoms with Gasteiger partial charge in [0.05, 0.1) is 5.69 Å². The highest BCUT2D eigenvalue weighted by Crippen LogP contribution is 2.28. The van der Waals surface area contributed by atoms with Crippen LogP contribution in [-0.4, -0.2) is 12.5 Å². The van der Waals surface area contributed by atoms with E-state index in [1.54, 1.807) is 0 Å². The van der Waals surface area contributed by atoms with Crippen LogP contribution in [0.15, 0.2) is 47.5 Å². The normalized spacial score (nSPS) is 13.8. The summed E-state index contributed by atoms with van der Waals surface area (Å²) in [7, 11) is 0. The number of guanidine groups is 1. The van der Waals surface area contributed by atoms with E-state index in [2.05, 4.69) is 48.0 Å². The van der Waals surface area contributed by atoms with Crippen LogP contribution < -0.4 is 10.6 Å². The molecule has 0 aliphatic carbocycles. The Balaban J connectivity index is 0.00000161. The molecule has 0 fully saturated rings. The molecule has 110 valence electrons. The minimum Gasteiger partial charge on any atom is -0.369 e. The van der Waals surface area contributed by atoms with Crippen LogP contribution in [0.1, 0.15) is 16.7 Å². The van der Waals surface area contributed by atoms with Gasteiger partial charge in [0.1, 0.15) is 0 Å². The topological polar surface area (TPSA) is 41.6 Å². The summed E-state index contributed by atoms with van der Waals surface area (Å²) >= 11 is 0. The zero-order valence-electron chi connectivity index (χ0n) is 12.3. The van der Waals surface area contributed by atoms with Crippen molar-refractivity contribution in [3.8, 4) is 0 Å². The van der Waals surface area contributed by atoms with E-state index in [0.717, 1.165) is 18.7 Å². The Kier molecular flexibility index (Phi) is 4.53. The fourth-order valence-electron chi connectivity index (χ4n) is 2.62. The number of nitrogens with two attached hydrogens (primary N) is 1. The molecule has 1 aliphatic rings. The summed E-state index contributed by atoms with van der Waals surface area (Å²) in [5.74, 6) is 0.573. The lowest BCUT2D eigenvalue weighted by Gasteiger charge is -2.18. The first kappa shape index (κ1) is 15.4. The number of fused-ring (bicyclic) bond motifs is 1. The summed E-state index contributed by atoms with van der Waals surface area (Å²) in [6.07, 6.45) is 1.03. The molecular formula is C17H20ClN3. The Morgan fingerprint density at radius 1 is 1.10 bits per heavy atom. The number of nitrogens with zero attached hydrogens (tertiary/aromatic N) is 2. The van der Waals surface area contributed by atoms with Crippen LogP contribution in [-0.2, 0) is 6.42 Å². The van der Waals surface area contributed by atoms with Crippen LogP contribution in [0.25, 0.3) is 0 Å². The molecule has 0 atom stereocenters. The highest BCUT2D eigenvalue weighted by atomic mass is 35.5. The predicted molar refractivity (Wildman–Crippen MR) is 91.9 cm³/mol. The predicted octanol–water partition coefficient (Wildman–Crippen LogP) is 3.73. The van der Waals surface area contributed by atoms with E-state index in [1.165, 1.54) is 22.4 Å². The maximum absolute atomic E-state index is 6.22. The van der Waals surface area contributed by atoms with Crippen molar-refractivity contribution in [1.82, 2.24) is 0 Å². The lowest BCUT2D eigenvalue weighted by atomic mass is 10.1. The molecule has 0 aromatic heterocycles. The SMILES string of the molecule is Cc1cccc(N=C(N)N2CCc3ccccc32)c1C.Cl. The lowest BCUT2D eigenvalue weighted by molar-refractivity contribution is 1.01. The van der Waals surface area contributed by atoms with Gasteiger partial charge in [-0.1, -0.05) is 30.3 Å². The van der Waals surface area contributed by atoms with E-state index in [0.29, 0.717) is 5.96 Å². The largest absolute Gasteiger partial charge is 0.369 e. The van der Waals surface area contributed by atoms with Crippen molar-refractivity contribution in [2.24, 2.45) is 10.7 Å². The Hall–Kier alpha value is -2.00. The van der Waals surface area contributed by atoms with Crippen LogP contribution in [0.4, 0.5) is 11.4 Å². The molecule has 3 rings (SSSR count). The highest BCUT2D eigenvalue weighted by Gasteiger charge is 2.21. The summed E-state index contributed by atoms with van der Waals surface area (Å²) in [5, 5.41) is 0. The van der Waals surface area contributed by atoms with Crippen molar-refractivity contribution in [3.05, 3.63) is 59.2 Å². The van der Waals surface area contributed by atoms with Gasteiger partial charge in [-0.05, 0) is 49.1 Å². The number of benzene rings is 2. The highest BCUT2D eigenvalue weighted by molar-refractivity contribution is 5.98. The fourth-order valence-corrected chi connectivity index (χ4v) is 2.62. The molecule has 1 aliphatic heterocycles. The minimum atomic E-state index is 0. The van der Waals surface area contributed by atoms with Gasteiger partial charge in [0, 0.05) is 12.2 Å². The zero-order chi connectivity index (χ0) is 14.1. The monoisotopic (exact) mass is 301 g/mol. The maximum atomic E-state index is 6.22. The van der Waals surface area contributed by atoms with Crippen LogP contribution in [0.2, 0.25) is 0 Å². The quantitative estimate of drug-likeness (QED) is 0.644. The maximum Gasteiger partial charge on any atom is 0.201 e. The second kappa shape index (κ2) is 6.19. The fraction of sp³-hybridized carbons (Fsp3) is 0.235. The van der Waals surface area contributed by atoms with Crippen LogP contribution >= 0.6 is 12.4 Å². The van der Waals surface area contributed by atoms with E-state index in [9.17, 15) is 0 Å². The molecular weight excluding hydrogens is 282 g/mol. The molecule has 2 aromatic rings. The van der Waals surface area contributed by atoms with E-state index in [4.69, 9.17) is 5.73 Å². The molecule has 1 heterocycles. The average Bonchev–Trinajstić information content (AvgIpc) is 2.88. The van der Waals surface area contributed by atoms with Crippen molar-refractivity contribution < 1.29 is 0 Å². The smallest absolute Gasteiger partial charge is 0.201 e. The average molecular weight is 302 g/mol. The Morgan fingerprint density at radius 2 is 1.86 bits per heavy atom. The first-order chi connectivity index (χ1) is 9.66. The molecule has 0 saturated carbocycles. The van der Waals surface area contributed by atoms with Crippen LogP contribution in [0, 0.1) is 13.8 Å². The number of aryl methyl sites for hydroxylation is 1.